The van der Waals surface area contributed by atoms with Gasteiger partial charge in [-0.15, -0.1) is 22.6 Å². The van der Waals surface area contributed by atoms with E-state index in [1.807, 2.05) is 12.1 Å². The smallest absolute Gasteiger partial charge is 0.285 e. The number of benzene rings is 4. The van der Waals surface area contributed by atoms with E-state index in [4.69, 9.17) is 23.2 Å². The van der Waals surface area contributed by atoms with Gasteiger partial charge in [0.25, 0.3) is 10.0 Å². The zero-order valence-electron chi connectivity index (χ0n) is 24.8. The molecule has 7 nitrogen and oxygen atoms in total. The molecule has 6 rings (SSSR count). The van der Waals surface area contributed by atoms with Crippen LogP contribution in [0.25, 0.3) is 21.5 Å². The molecule has 1 atom stereocenters. The minimum absolute atomic E-state index is 0.0485. The number of anilines is 1. The van der Waals surface area contributed by atoms with Gasteiger partial charge in [-0.25, -0.2) is 8.42 Å². The zero-order chi connectivity index (χ0) is 32.5. The number of nitrogens with zero attached hydrogens (tertiary/aromatic N) is 1. The summed E-state index contributed by atoms with van der Waals surface area (Å²) >= 11 is 10.5. The van der Waals surface area contributed by atoms with Crippen molar-refractivity contribution in [3.05, 3.63) is 96.6 Å². The summed E-state index contributed by atoms with van der Waals surface area (Å²) in [7, 11) is -6.61. The number of unbranched alkanes of at least 4 members (excludes halogenated alkanes) is 2. The van der Waals surface area contributed by atoms with E-state index in [2.05, 4.69) is 52.7 Å². The van der Waals surface area contributed by atoms with Crippen LogP contribution in [0.4, 0.5) is 5.69 Å². The summed E-state index contributed by atoms with van der Waals surface area (Å²) in [6.45, 7) is 3.60. The molecule has 2 aliphatic rings. The molecule has 0 saturated carbocycles. The number of hydrogen-bond acceptors (Lipinski definition) is 6. The molecular weight excluding hydrogens is 651 g/mol. The third-order valence-electron chi connectivity index (χ3n) is 7.68. The summed E-state index contributed by atoms with van der Waals surface area (Å²) in [5.74, 6) is 0.726. The van der Waals surface area contributed by atoms with Crippen molar-refractivity contribution in [1.82, 2.24) is 0 Å². The van der Waals surface area contributed by atoms with Gasteiger partial charge in [0.1, 0.15) is 11.2 Å². The lowest BCUT2D eigenvalue weighted by Crippen LogP contribution is -2.21. The molecule has 4 aromatic rings. The van der Waals surface area contributed by atoms with E-state index in [0.29, 0.717) is 24.4 Å². The number of halogens is 2. The Kier molecular flexibility index (Phi) is 12.2. The number of carbonyl (C=O) groups is 1. The topological polar surface area (TPSA) is 110 Å². The Morgan fingerprint density at radius 3 is 2.42 bits per heavy atom. The van der Waals surface area contributed by atoms with Gasteiger partial charge in [0.2, 0.25) is 5.24 Å². The molecule has 238 valence electrons. The van der Waals surface area contributed by atoms with Crippen molar-refractivity contribution in [2.45, 2.75) is 55.1 Å². The minimum atomic E-state index is -3.44. The second kappa shape index (κ2) is 15.9. The minimum Gasteiger partial charge on any atom is -0.345 e. The van der Waals surface area contributed by atoms with E-state index >= 15 is 0 Å². The van der Waals surface area contributed by atoms with Crippen LogP contribution in [0.2, 0.25) is 0 Å². The molecule has 1 aliphatic heterocycles. The molecule has 4 aromatic carbocycles. The van der Waals surface area contributed by atoms with E-state index in [0.717, 1.165) is 37.7 Å². The number of para-hydroxylation sites is 1. The Bertz CT molecular complexity index is 1930. The lowest BCUT2D eigenvalue weighted by molar-refractivity contribution is -0.111. The van der Waals surface area contributed by atoms with E-state index in [1.54, 1.807) is 18.2 Å². The van der Waals surface area contributed by atoms with Crippen LogP contribution in [0.1, 0.15) is 54.9 Å². The predicted molar refractivity (Wildman–Crippen MR) is 187 cm³/mol. The standard InChI is InChI=1S/C21H20O2S.C7H6N2O2S.C6H10Cl2O/c1-2-14-24(22,23)21-9-5-8-17-19-11-10-15-6-3-4-7-16(15)18(19)12-13-20(17)21;10-12(11)7-4-2-1-3-6(7)8-5-9-12;7-5-3-1-2-4-6(8)9/h2-4,6-7,10-13,21H,1,5,8-9,14H2;1-5H,(H,8,9);1-5H2. The quantitative estimate of drug-likeness (QED) is 0.0656. The van der Waals surface area contributed by atoms with Crippen LogP contribution in [0.5, 0.6) is 0 Å². The number of rotatable bonds is 8. The molecule has 0 radical (unpaired) electrons. The summed E-state index contributed by atoms with van der Waals surface area (Å²) in [6.07, 6.45) is 8.59. The van der Waals surface area contributed by atoms with Crippen molar-refractivity contribution in [3.8, 4) is 0 Å². The highest BCUT2D eigenvalue weighted by atomic mass is 35.5. The molecule has 1 unspecified atom stereocenters. The highest BCUT2D eigenvalue weighted by Gasteiger charge is 2.31. The fraction of sp³-hybridized carbons (Fsp3) is 0.294. The maximum Gasteiger partial charge on any atom is 0.285 e. The molecule has 0 amide bonds. The number of carbonyl (C=O) groups excluding carboxylic acids is 1. The van der Waals surface area contributed by atoms with Gasteiger partial charge in [-0.05, 0) is 88.5 Å². The lowest BCUT2D eigenvalue weighted by atomic mass is 9.86. The third-order valence-corrected chi connectivity index (χ3v) is 11.5. The first kappa shape index (κ1) is 34.6. The van der Waals surface area contributed by atoms with Crippen LogP contribution >= 0.6 is 23.2 Å². The SMILES string of the molecule is C=CCS(=O)(=O)C1CCCc2c1ccc1c2ccc2ccccc21.O=C(Cl)CCCCCCl.O=S1(=O)N=CNc2ccccc21. The molecule has 0 bridgehead atoms. The van der Waals surface area contributed by atoms with E-state index in [-0.39, 0.29) is 15.9 Å². The van der Waals surface area contributed by atoms with Gasteiger partial charge in [-0.1, -0.05) is 73.2 Å². The number of aryl methyl sites for hydroxylation is 1. The van der Waals surface area contributed by atoms with Gasteiger partial charge in [-0.2, -0.15) is 8.42 Å². The van der Waals surface area contributed by atoms with E-state index in [1.165, 1.54) is 45.6 Å². The molecular formula is C34H36Cl2N2O5S2. The van der Waals surface area contributed by atoms with Crippen molar-refractivity contribution < 1.29 is 21.6 Å². The summed E-state index contributed by atoms with van der Waals surface area (Å²) in [6, 6.07) is 23.4. The van der Waals surface area contributed by atoms with Crippen LogP contribution in [0, 0.1) is 0 Å². The molecule has 0 spiro atoms. The average Bonchev–Trinajstić information content (AvgIpc) is 3.03. The first-order valence-corrected chi connectivity index (χ1v) is 18.8. The Balaban J connectivity index is 0.000000183. The Morgan fingerprint density at radius 2 is 1.69 bits per heavy atom. The molecule has 1 aliphatic carbocycles. The van der Waals surface area contributed by atoms with Crippen molar-refractivity contribution in [3.63, 3.8) is 0 Å². The van der Waals surface area contributed by atoms with Gasteiger partial charge >= 0.3 is 0 Å². The second-order valence-electron chi connectivity index (χ2n) is 10.7. The highest BCUT2D eigenvalue weighted by molar-refractivity contribution is 7.91. The molecule has 1 heterocycles. The van der Waals surface area contributed by atoms with Crippen molar-refractivity contribution in [2.75, 3.05) is 16.9 Å². The molecule has 45 heavy (non-hydrogen) atoms. The fourth-order valence-corrected chi connectivity index (χ4v) is 8.57. The van der Waals surface area contributed by atoms with Gasteiger partial charge in [0.05, 0.1) is 16.7 Å². The van der Waals surface area contributed by atoms with Crippen LogP contribution < -0.4 is 5.32 Å². The molecule has 11 heteroatoms. The van der Waals surface area contributed by atoms with Crippen molar-refractivity contribution in [2.24, 2.45) is 4.40 Å². The Morgan fingerprint density at radius 1 is 0.956 bits per heavy atom. The van der Waals surface area contributed by atoms with Crippen LogP contribution in [-0.2, 0) is 31.1 Å². The van der Waals surface area contributed by atoms with E-state index < -0.39 is 25.1 Å². The fourth-order valence-electron chi connectivity index (χ4n) is 5.59. The van der Waals surface area contributed by atoms with Gasteiger partial charge < -0.3 is 5.32 Å². The van der Waals surface area contributed by atoms with Crippen molar-refractivity contribution >= 4 is 81.9 Å². The Hall–Kier alpha value is -3.24. The van der Waals surface area contributed by atoms with Crippen molar-refractivity contribution in [1.29, 1.82) is 0 Å². The molecule has 0 aromatic heterocycles. The van der Waals surface area contributed by atoms with Crippen LogP contribution in [0.3, 0.4) is 0 Å². The first-order valence-electron chi connectivity index (χ1n) is 14.7. The monoisotopic (exact) mass is 686 g/mol. The highest BCUT2D eigenvalue weighted by Crippen LogP contribution is 2.40. The maximum absolute atomic E-state index is 12.6. The average molecular weight is 688 g/mol. The zero-order valence-corrected chi connectivity index (χ0v) is 27.9. The number of alkyl halides is 1. The maximum atomic E-state index is 12.6. The van der Waals surface area contributed by atoms with Crippen LogP contribution in [0.15, 0.2) is 94.7 Å². The number of nitrogens with one attached hydrogen (secondary N) is 1. The lowest BCUT2D eigenvalue weighted by Gasteiger charge is -2.26. The van der Waals surface area contributed by atoms with Gasteiger partial charge in [-0.3, -0.25) is 4.79 Å². The summed E-state index contributed by atoms with van der Waals surface area (Å²) in [5, 5.41) is 6.97. The summed E-state index contributed by atoms with van der Waals surface area (Å²) in [5.41, 5.74) is 2.78. The van der Waals surface area contributed by atoms with Gasteiger partial charge in [0.15, 0.2) is 9.84 Å². The normalized spacial score (nSPS) is 16.2. The van der Waals surface area contributed by atoms with Gasteiger partial charge in [0, 0.05) is 12.3 Å². The number of sulfonamides is 1. The first-order chi connectivity index (χ1) is 21.6. The van der Waals surface area contributed by atoms with Crippen LogP contribution in [-0.4, -0.2) is 40.0 Å². The van der Waals surface area contributed by atoms with E-state index in [9.17, 15) is 21.6 Å². The molecule has 0 saturated heterocycles. The summed E-state index contributed by atoms with van der Waals surface area (Å²) < 4.78 is 51.1. The predicted octanol–water partition coefficient (Wildman–Crippen LogP) is 8.35. The number of fused-ring (bicyclic) bond motifs is 6. The second-order valence-corrected chi connectivity index (χ2v) is 15.3. The largest absolute Gasteiger partial charge is 0.345 e. The molecule has 1 N–H and O–H groups in total. The summed E-state index contributed by atoms with van der Waals surface area (Å²) in [4.78, 5) is 10.4. The number of hydrogen-bond donors (Lipinski definition) is 1. The third kappa shape index (κ3) is 8.73. The molecule has 0 fully saturated rings. The number of sulfone groups is 1. The Labute approximate surface area is 275 Å².